The van der Waals surface area contributed by atoms with Gasteiger partial charge in [-0.2, -0.15) is 9.78 Å². The van der Waals surface area contributed by atoms with Crippen molar-refractivity contribution in [3.8, 4) is 17.1 Å². The lowest BCUT2D eigenvalue weighted by Crippen LogP contribution is -2.36. The van der Waals surface area contributed by atoms with Crippen LogP contribution in [-0.4, -0.2) is 57.1 Å². The summed E-state index contributed by atoms with van der Waals surface area (Å²) in [5, 5.41) is 15.4. The van der Waals surface area contributed by atoms with Gasteiger partial charge in [0.15, 0.2) is 0 Å². The zero-order chi connectivity index (χ0) is 22.4. The van der Waals surface area contributed by atoms with Crippen LogP contribution in [0.1, 0.15) is 12.8 Å². The molecular formula is C25H24N6O2. The molecule has 0 bridgehead atoms. The Kier molecular flexibility index (Phi) is 4.80. The maximum Gasteiger partial charge on any atom is 0.282 e. The molecule has 0 aliphatic carbocycles. The van der Waals surface area contributed by atoms with Crippen LogP contribution in [0.15, 0.2) is 65.8 Å². The van der Waals surface area contributed by atoms with Gasteiger partial charge in [-0.25, -0.2) is 9.97 Å². The van der Waals surface area contributed by atoms with Gasteiger partial charge in [0.1, 0.15) is 0 Å². The van der Waals surface area contributed by atoms with E-state index in [0.29, 0.717) is 11.9 Å². The largest absolute Gasteiger partial charge is 0.391 e. The maximum atomic E-state index is 13.1. The van der Waals surface area contributed by atoms with E-state index in [1.54, 1.807) is 18.6 Å². The van der Waals surface area contributed by atoms with Crippen molar-refractivity contribution >= 4 is 22.1 Å². The summed E-state index contributed by atoms with van der Waals surface area (Å²) in [6.07, 6.45) is 6.69. The fourth-order valence-electron chi connectivity index (χ4n) is 4.49. The van der Waals surface area contributed by atoms with Crippen molar-refractivity contribution in [2.75, 3.05) is 36.0 Å². The molecule has 2 fully saturated rings. The van der Waals surface area contributed by atoms with Crippen molar-refractivity contribution < 1.29 is 5.11 Å². The number of β-amino-alcohol motifs (C(OH)–C–C–N with tert-alkyl or cyclic N) is 1. The minimum Gasteiger partial charge on any atom is -0.391 e. The monoisotopic (exact) mass is 440 g/mol. The second kappa shape index (κ2) is 7.97. The second-order valence-electron chi connectivity index (χ2n) is 8.68. The number of benzene rings is 2. The minimum absolute atomic E-state index is 0.233. The quantitative estimate of drug-likeness (QED) is 0.522. The molecule has 0 amide bonds. The molecule has 4 heterocycles. The predicted octanol–water partition coefficient (Wildman–Crippen LogP) is 2.62. The third-order valence-electron chi connectivity index (χ3n) is 6.53. The van der Waals surface area contributed by atoms with Crippen LogP contribution in [0.5, 0.6) is 0 Å². The number of aliphatic hydroxyl groups excluding tert-OH is 1. The molecule has 0 radical (unpaired) electrons. The van der Waals surface area contributed by atoms with Crippen molar-refractivity contribution in [3.63, 3.8) is 0 Å². The van der Waals surface area contributed by atoms with E-state index in [2.05, 4.69) is 44.2 Å². The molecule has 166 valence electrons. The first-order chi connectivity index (χ1) is 16.2. The summed E-state index contributed by atoms with van der Waals surface area (Å²) < 4.78 is 1.23. The van der Waals surface area contributed by atoms with Crippen molar-refractivity contribution in [2.24, 2.45) is 0 Å². The highest BCUT2D eigenvalue weighted by Crippen LogP contribution is 2.28. The molecule has 2 aromatic carbocycles. The lowest BCUT2D eigenvalue weighted by molar-refractivity contribution is 0.198. The van der Waals surface area contributed by atoms with Gasteiger partial charge in [0, 0.05) is 37.3 Å². The number of fused-ring (bicyclic) bond motifs is 1. The van der Waals surface area contributed by atoms with Gasteiger partial charge < -0.3 is 14.9 Å². The van der Waals surface area contributed by atoms with Crippen LogP contribution < -0.4 is 15.4 Å². The first kappa shape index (κ1) is 19.9. The number of rotatable bonds is 4. The Morgan fingerprint density at radius 3 is 2.42 bits per heavy atom. The average Bonchev–Trinajstić information content (AvgIpc) is 3.25. The lowest BCUT2D eigenvalue weighted by atomic mass is 10.0. The minimum atomic E-state index is -0.322. The van der Waals surface area contributed by atoms with Crippen LogP contribution >= 0.6 is 0 Å². The molecule has 4 aromatic rings. The molecule has 2 aromatic heterocycles. The zero-order valence-electron chi connectivity index (χ0n) is 18.1. The SMILES string of the molecule is O=c1c2ccc(-c3cccc(N4CCC4)c3)cc2cnn1-c1ncc(N2CCC(O)C2)cn1. The number of aliphatic hydroxyl groups is 1. The molecule has 2 saturated heterocycles. The lowest BCUT2D eigenvalue weighted by Gasteiger charge is -2.33. The van der Waals surface area contributed by atoms with Gasteiger partial charge in [-0.05, 0) is 48.2 Å². The van der Waals surface area contributed by atoms with Gasteiger partial charge in [-0.15, -0.1) is 0 Å². The highest BCUT2D eigenvalue weighted by molar-refractivity contribution is 5.86. The third kappa shape index (κ3) is 3.62. The molecule has 33 heavy (non-hydrogen) atoms. The first-order valence-corrected chi connectivity index (χ1v) is 11.3. The van der Waals surface area contributed by atoms with E-state index in [4.69, 9.17) is 0 Å². The van der Waals surface area contributed by atoms with Crippen molar-refractivity contribution in [1.29, 1.82) is 0 Å². The Morgan fingerprint density at radius 2 is 1.70 bits per heavy atom. The highest BCUT2D eigenvalue weighted by atomic mass is 16.3. The van der Waals surface area contributed by atoms with Gasteiger partial charge in [0.05, 0.1) is 35.8 Å². The summed E-state index contributed by atoms with van der Waals surface area (Å²) in [5.74, 6) is 0.233. The Balaban J connectivity index is 1.31. The van der Waals surface area contributed by atoms with Crippen molar-refractivity contribution in [1.82, 2.24) is 19.7 Å². The van der Waals surface area contributed by atoms with Crippen LogP contribution in [0.2, 0.25) is 0 Å². The second-order valence-corrected chi connectivity index (χ2v) is 8.68. The van der Waals surface area contributed by atoms with Crippen molar-refractivity contribution in [2.45, 2.75) is 18.9 Å². The normalized spacial score (nSPS) is 18.0. The van der Waals surface area contributed by atoms with Gasteiger partial charge in [-0.1, -0.05) is 18.2 Å². The van der Waals surface area contributed by atoms with E-state index in [-0.39, 0.29) is 17.6 Å². The van der Waals surface area contributed by atoms with Crippen LogP contribution in [0.3, 0.4) is 0 Å². The Labute approximate surface area is 190 Å². The third-order valence-corrected chi connectivity index (χ3v) is 6.53. The molecule has 1 N–H and O–H groups in total. The van der Waals surface area contributed by atoms with Crippen LogP contribution in [0.4, 0.5) is 11.4 Å². The van der Waals surface area contributed by atoms with E-state index in [1.165, 1.54) is 16.8 Å². The number of nitrogens with zero attached hydrogens (tertiary/aromatic N) is 6. The maximum absolute atomic E-state index is 13.1. The summed E-state index contributed by atoms with van der Waals surface area (Å²) >= 11 is 0. The topological polar surface area (TPSA) is 87.4 Å². The molecule has 2 aliphatic heterocycles. The molecule has 1 atom stereocenters. The summed E-state index contributed by atoms with van der Waals surface area (Å²) in [4.78, 5) is 26.2. The smallest absolute Gasteiger partial charge is 0.282 e. The fraction of sp³-hybridized carbons (Fsp3) is 0.280. The first-order valence-electron chi connectivity index (χ1n) is 11.3. The van der Waals surface area contributed by atoms with E-state index in [0.717, 1.165) is 48.3 Å². The van der Waals surface area contributed by atoms with E-state index >= 15 is 0 Å². The Morgan fingerprint density at radius 1 is 0.879 bits per heavy atom. The van der Waals surface area contributed by atoms with E-state index in [1.807, 2.05) is 23.1 Å². The van der Waals surface area contributed by atoms with Crippen LogP contribution in [0.25, 0.3) is 27.8 Å². The zero-order valence-corrected chi connectivity index (χ0v) is 18.1. The molecule has 1 unspecified atom stereocenters. The van der Waals surface area contributed by atoms with E-state index < -0.39 is 0 Å². The fourth-order valence-corrected chi connectivity index (χ4v) is 4.49. The van der Waals surface area contributed by atoms with Gasteiger partial charge in [0.2, 0.25) is 0 Å². The Bertz CT molecular complexity index is 1380. The molecule has 0 saturated carbocycles. The van der Waals surface area contributed by atoms with Crippen LogP contribution in [-0.2, 0) is 0 Å². The van der Waals surface area contributed by atoms with Gasteiger partial charge in [-0.3, -0.25) is 4.79 Å². The Hall–Kier alpha value is -3.78. The summed E-state index contributed by atoms with van der Waals surface area (Å²) in [6, 6.07) is 14.3. The summed E-state index contributed by atoms with van der Waals surface area (Å²) in [6.45, 7) is 3.54. The number of aromatic nitrogens is 4. The molecule has 0 spiro atoms. The number of anilines is 2. The average molecular weight is 441 g/mol. The summed E-state index contributed by atoms with van der Waals surface area (Å²) in [5.41, 5.74) is 3.98. The number of hydrogen-bond acceptors (Lipinski definition) is 7. The molecule has 8 heteroatoms. The standard InChI is InChI=1S/C25H24N6O2/c32-22-7-10-30(16-22)21-14-26-25(27-15-21)31-24(33)23-6-5-18(11-19(23)13-28-31)17-3-1-4-20(12-17)29-8-2-9-29/h1,3-6,11-15,22,32H,2,7-10,16H2. The molecule has 2 aliphatic rings. The van der Waals surface area contributed by atoms with Gasteiger partial charge in [0.25, 0.3) is 11.5 Å². The van der Waals surface area contributed by atoms with E-state index in [9.17, 15) is 9.90 Å². The summed E-state index contributed by atoms with van der Waals surface area (Å²) in [7, 11) is 0. The molecule has 6 rings (SSSR count). The van der Waals surface area contributed by atoms with Crippen LogP contribution in [0, 0.1) is 0 Å². The molecular weight excluding hydrogens is 416 g/mol. The molecule has 8 nitrogen and oxygen atoms in total. The highest BCUT2D eigenvalue weighted by Gasteiger charge is 2.21. The number of hydrogen-bond donors (Lipinski definition) is 1. The predicted molar refractivity (Wildman–Crippen MR) is 128 cm³/mol. The van der Waals surface area contributed by atoms with Gasteiger partial charge >= 0.3 is 0 Å². The van der Waals surface area contributed by atoms with Crippen molar-refractivity contribution in [3.05, 3.63) is 71.4 Å².